The molecule has 0 saturated carbocycles. The monoisotopic (exact) mass is 153 g/mol. The number of thiocarbonyl (C=S) groups is 1. The first-order valence-corrected chi connectivity index (χ1v) is 3.35. The van der Waals surface area contributed by atoms with E-state index in [0.29, 0.717) is 6.54 Å². The van der Waals surface area contributed by atoms with Crippen LogP contribution in [0.25, 0.3) is 0 Å². The average Bonchev–Trinajstić information content (AvgIpc) is 1.99. The summed E-state index contributed by atoms with van der Waals surface area (Å²) in [5.41, 5.74) is 6.20. The Bertz CT molecular complexity index is 180. The van der Waals surface area contributed by atoms with Crippen LogP contribution < -0.4 is 5.73 Å². The fourth-order valence-electron chi connectivity index (χ4n) is 0.520. The Morgan fingerprint density at radius 1 is 1.50 bits per heavy atom. The average molecular weight is 153 g/mol. The number of hydrogen-bond donors (Lipinski definition) is 1. The molecule has 0 aliphatic heterocycles. The van der Waals surface area contributed by atoms with E-state index in [9.17, 15) is 0 Å². The van der Waals surface area contributed by atoms with E-state index < -0.39 is 0 Å². The molecule has 0 amide bonds. The first-order chi connectivity index (χ1) is 4.76. The summed E-state index contributed by atoms with van der Waals surface area (Å²) in [7, 11) is 0. The molecule has 0 fully saturated rings. The van der Waals surface area contributed by atoms with Gasteiger partial charge in [-0.15, -0.1) is 0 Å². The van der Waals surface area contributed by atoms with Gasteiger partial charge in [-0.05, 0) is 5.57 Å². The van der Waals surface area contributed by atoms with Gasteiger partial charge in [0.2, 0.25) is 0 Å². The summed E-state index contributed by atoms with van der Waals surface area (Å²) >= 11 is 4.93. The first-order valence-electron chi connectivity index (χ1n) is 2.94. The molecule has 2 heteroatoms. The van der Waals surface area contributed by atoms with Crippen molar-refractivity contribution >= 4 is 17.1 Å². The molecule has 0 aliphatic carbocycles. The molecule has 0 radical (unpaired) electrons. The van der Waals surface area contributed by atoms with Gasteiger partial charge < -0.3 is 5.73 Å². The fourth-order valence-corrected chi connectivity index (χ4v) is 0.671. The van der Waals surface area contributed by atoms with Crippen molar-refractivity contribution in [1.29, 1.82) is 0 Å². The third-order valence-electron chi connectivity index (χ3n) is 1.02. The zero-order chi connectivity index (χ0) is 7.98. The molecule has 1 nitrogen and oxygen atoms in total. The van der Waals surface area contributed by atoms with Gasteiger partial charge in [0.15, 0.2) is 0 Å². The van der Waals surface area contributed by atoms with E-state index >= 15 is 0 Å². The van der Waals surface area contributed by atoms with Crippen LogP contribution >= 0.6 is 12.2 Å². The van der Waals surface area contributed by atoms with E-state index in [4.69, 9.17) is 18.0 Å². The lowest BCUT2D eigenvalue weighted by Gasteiger charge is -1.97. The topological polar surface area (TPSA) is 26.0 Å². The molecule has 0 heterocycles. The van der Waals surface area contributed by atoms with Crippen molar-refractivity contribution in [1.82, 2.24) is 0 Å². The summed E-state index contributed by atoms with van der Waals surface area (Å²) < 4.78 is 0. The molecular formula is C8H11NS. The van der Waals surface area contributed by atoms with Crippen molar-refractivity contribution in [2.75, 3.05) is 6.54 Å². The number of hydrogen-bond acceptors (Lipinski definition) is 2. The number of rotatable bonds is 4. The number of allylic oxidation sites excluding steroid dienone is 3. The van der Waals surface area contributed by atoms with Crippen LogP contribution in [-0.4, -0.2) is 11.4 Å². The lowest BCUT2D eigenvalue weighted by atomic mass is 10.2. The van der Waals surface area contributed by atoms with Gasteiger partial charge in [-0.25, -0.2) is 0 Å². The smallest absolute Gasteiger partial charge is 0.0360 e. The quantitative estimate of drug-likeness (QED) is 0.377. The van der Waals surface area contributed by atoms with Gasteiger partial charge in [-0.1, -0.05) is 43.6 Å². The van der Waals surface area contributed by atoms with Crippen LogP contribution in [0, 0.1) is 0 Å². The Hall–Kier alpha value is -0.730. The second kappa shape index (κ2) is 5.09. The highest BCUT2D eigenvalue weighted by Gasteiger charge is 1.94. The summed E-state index contributed by atoms with van der Waals surface area (Å²) in [6.07, 6.45) is 5.14. The van der Waals surface area contributed by atoms with Gasteiger partial charge in [0.25, 0.3) is 0 Å². The van der Waals surface area contributed by atoms with Crippen molar-refractivity contribution in [2.24, 2.45) is 5.73 Å². The Labute approximate surface area is 66.9 Å². The van der Waals surface area contributed by atoms with Crippen molar-refractivity contribution < 1.29 is 0 Å². The Balaban J connectivity index is 4.34. The van der Waals surface area contributed by atoms with Crippen LogP contribution in [0.2, 0.25) is 0 Å². The molecule has 0 spiro atoms. The summed E-state index contributed by atoms with van der Waals surface area (Å²) in [6, 6.07) is 0. The zero-order valence-electron chi connectivity index (χ0n) is 5.84. The first kappa shape index (κ1) is 9.27. The zero-order valence-corrected chi connectivity index (χ0v) is 6.66. The SMILES string of the molecule is C=C/C=C(\C=C)C(=S)CN. The Kier molecular flexibility index (Phi) is 4.72. The van der Waals surface area contributed by atoms with E-state index in [-0.39, 0.29) is 0 Å². The van der Waals surface area contributed by atoms with E-state index in [1.165, 1.54) is 0 Å². The van der Waals surface area contributed by atoms with E-state index in [1.54, 1.807) is 18.2 Å². The maximum absolute atomic E-state index is 5.31. The van der Waals surface area contributed by atoms with Gasteiger partial charge in [0.1, 0.15) is 0 Å². The molecule has 0 rings (SSSR count). The van der Waals surface area contributed by atoms with Crippen molar-refractivity contribution in [3.05, 3.63) is 37.0 Å². The van der Waals surface area contributed by atoms with Crippen LogP contribution in [0.4, 0.5) is 0 Å². The molecular weight excluding hydrogens is 142 g/mol. The van der Waals surface area contributed by atoms with Crippen LogP contribution in [0.5, 0.6) is 0 Å². The predicted molar refractivity (Wildman–Crippen MR) is 50.1 cm³/mol. The number of nitrogens with two attached hydrogens (primary N) is 1. The fraction of sp³-hybridized carbons (Fsp3) is 0.125. The summed E-state index contributed by atoms with van der Waals surface area (Å²) in [5, 5.41) is 0. The van der Waals surface area contributed by atoms with Gasteiger partial charge in [-0.3, -0.25) is 0 Å². The maximum Gasteiger partial charge on any atom is 0.0360 e. The Morgan fingerprint density at radius 3 is 2.40 bits per heavy atom. The largest absolute Gasteiger partial charge is 0.326 e. The van der Waals surface area contributed by atoms with E-state index in [0.717, 1.165) is 10.4 Å². The predicted octanol–water partition coefficient (Wildman–Crippen LogP) is 1.61. The van der Waals surface area contributed by atoms with Gasteiger partial charge in [-0.2, -0.15) is 0 Å². The summed E-state index contributed by atoms with van der Waals surface area (Å²) in [4.78, 5) is 0.718. The molecule has 54 valence electrons. The van der Waals surface area contributed by atoms with Crippen molar-refractivity contribution in [3.63, 3.8) is 0 Å². The molecule has 0 aromatic heterocycles. The van der Waals surface area contributed by atoms with Gasteiger partial charge in [0, 0.05) is 11.4 Å². The van der Waals surface area contributed by atoms with E-state index in [1.807, 2.05) is 0 Å². The molecule has 0 aliphatic rings. The van der Waals surface area contributed by atoms with Crippen LogP contribution in [0.1, 0.15) is 0 Å². The van der Waals surface area contributed by atoms with Gasteiger partial charge in [0.05, 0.1) is 0 Å². The van der Waals surface area contributed by atoms with Crippen LogP contribution in [0.3, 0.4) is 0 Å². The molecule has 0 saturated heterocycles. The maximum atomic E-state index is 5.31. The minimum Gasteiger partial charge on any atom is -0.326 e. The van der Waals surface area contributed by atoms with Gasteiger partial charge >= 0.3 is 0 Å². The normalized spacial score (nSPS) is 10.7. The summed E-state index contributed by atoms with van der Waals surface area (Å²) in [6.45, 7) is 7.52. The highest BCUT2D eigenvalue weighted by molar-refractivity contribution is 7.81. The molecule has 0 unspecified atom stereocenters. The second-order valence-electron chi connectivity index (χ2n) is 1.69. The lowest BCUT2D eigenvalue weighted by Crippen LogP contribution is -2.12. The Morgan fingerprint density at radius 2 is 2.10 bits per heavy atom. The molecule has 0 bridgehead atoms. The highest BCUT2D eigenvalue weighted by Crippen LogP contribution is 1.98. The van der Waals surface area contributed by atoms with Crippen LogP contribution in [-0.2, 0) is 0 Å². The van der Waals surface area contributed by atoms with E-state index in [2.05, 4.69) is 13.2 Å². The molecule has 0 aromatic rings. The van der Waals surface area contributed by atoms with Crippen LogP contribution in [0.15, 0.2) is 37.0 Å². The minimum absolute atomic E-state index is 0.390. The third kappa shape index (κ3) is 2.71. The molecule has 0 aromatic carbocycles. The molecule has 2 N–H and O–H groups in total. The second-order valence-corrected chi connectivity index (χ2v) is 2.18. The highest BCUT2D eigenvalue weighted by atomic mass is 32.1. The minimum atomic E-state index is 0.390. The summed E-state index contributed by atoms with van der Waals surface area (Å²) in [5.74, 6) is 0. The molecule has 10 heavy (non-hydrogen) atoms. The van der Waals surface area contributed by atoms with Crippen molar-refractivity contribution in [2.45, 2.75) is 0 Å². The van der Waals surface area contributed by atoms with Crippen molar-refractivity contribution in [3.8, 4) is 0 Å². The standard InChI is InChI=1S/C8H11NS/c1-3-5-7(4-2)8(10)6-9/h3-5H,1-2,6,9H2/b7-5+. The third-order valence-corrected chi connectivity index (χ3v) is 1.43. The molecule has 0 atom stereocenters. The lowest BCUT2D eigenvalue weighted by molar-refractivity contribution is 1.33.